The molecule has 10 rings (SSSR count). The minimum Gasteiger partial charge on any atom is -0.455 e. The van der Waals surface area contributed by atoms with Gasteiger partial charge in [0.1, 0.15) is 11.2 Å². The standard InChI is InChI=1S/C47H29N3O/c1-3-13-33(14-4-1)45-48-46(34-15-5-2-6-16-34)50-47(49-45)41-28-36-17-8-10-20-39(36)44-43(41)40-27-26-35(29-42(40)51-44)30-22-24-32(25-23-30)38-21-11-18-31-12-7-9-19-37(31)38/h1-29H. The maximum Gasteiger partial charge on any atom is 0.164 e. The summed E-state index contributed by atoms with van der Waals surface area (Å²) in [4.78, 5) is 15.1. The third-order valence-electron chi connectivity index (χ3n) is 9.72. The minimum atomic E-state index is 0.606. The van der Waals surface area contributed by atoms with Crippen LogP contribution in [0.15, 0.2) is 180 Å². The second-order valence-electron chi connectivity index (χ2n) is 12.8. The molecular formula is C47H29N3O. The molecule has 0 bridgehead atoms. The first-order chi connectivity index (χ1) is 25.3. The third-order valence-corrected chi connectivity index (χ3v) is 9.72. The zero-order valence-electron chi connectivity index (χ0n) is 27.5. The molecule has 51 heavy (non-hydrogen) atoms. The lowest BCUT2D eigenvalue weighted by molar-refractivity contribution is 0.673. The summed E-state index contributed by atoms with van der Waals surface area (Å²) in [6.45, 7) is 0. The molecule has 0 radical (unpaired) electrons. The van der Waals surface area contributed by atoms with E-state index in [0.29, 0.717) is 17.5 Å². The van der Waals surface area contributed by atoms with Gasteiger partial charge in [-0.1, -0.05) is 158 Å². The van der Waals surface area contributed by atoms with Crippen molar-refractivity contribution in [2.45, 2.75) is 0 Å². The summed E-state index contributed by atoms with van der Waals surface area (Å²) in [6, 6.07) is 61.0. The Kier molecular flexibility index (Phi) is 6.78. The van der Waals surface area contributed by atoms with Crippen molar-refractivity contribution in [1.82, 2.24) is 15.0 Å². The number of rotatable bonds is 5. The lowest BCUT2D eigenvalue weighted by atomic mass is 9.95. The summed E-state index contributed by atoms with van der Waals surface area (Å²) in [6.07, 6.45) is 0. The van der Waals surface area contributed by atoms with Crippen molar-refractivity contribution in [3.63, 3.8) is 0 Å². The molecule has 0 unspecified atom stereocenters. The summed E-state index contributed by atoms with van der Waals surface area (Å²) < 4.78 is 6.79. The quantitative estimate of drug-likeness (QED) is 0.186. The molecule has 0 saturated carbocycles. The van der Waals surface area contributed by atoms with Crippen molar-refractivity contribution >= 4 is 43.5 Å². The SMILES string of the molecule is c1ccc(-c2nc(-c3ccccc3)nc(-c3cc4ccccc4c4oc5cc(-c6ccc(-c7cccc8ccccc78)cc6)ccc5c34)n2)cc1. The van der Waals surface area contributed by atoms with E-state index in [1.54, 1.807) is 0 Å². The molecule has 2 heterocycles. The molecule has 10 aromatic rings. The van der Waals surface area contributed by atoms with Crippen LogP contribution in [0.5, 0.6) is 0 Å². The zero-order valence-corrected chi connectivity index (χ0v) is 27.5. The highest BCUT2D eigenvalue weighted by Crippen LogP contribution is 2.42. The molecule has 4 heteroatoms. The highest BCUT2D eigenvalue weighted by molar-refractivity contribution is 6.21. The summed E-state index contributed by atoms with van der Waals surface area (Å²) in [5, 5.41) is 6.62. The number of hydrogen-bond acceptors (Lipinski definition) is 4. The normalized spacial score (nSPS) is 11.5. The molecule has 0 saturated heterocycles. The fourth-order valence-electron chi connectivity index (χ4n) is 7.22. The molecule has 238 valence electrons. The number of furan rings is 1. The summed E-state index contributed by atoms with van der Waals surface area (Å²) in [5.74, 6) is 1.86. The van der Waals surface area contributed by atoms with Crippen LogP contribution in [-0.2, 0) is 0 Å². The van der Waals surface area contributed by atoms with Crippen LogP contribution in [0.25, 0.3) is 99.9 Å². The molecule has 0 aliphatic carbocycles. The summed E-state index contributed by atoms with van der Waals surface area (Å²) in [5.41, 5.74) is 9.06. The Morgan fingerprint density at radius 2 is 0.902 bits per heavy atom. The van der Waals surface area contributed by atoms with E-state index in [2.05, 4.69) is 115 Å². The Bertz CT molecular complexity index is 2830. The van der Waals surface area contributed by atoms with E-state index >= 15 is 0 Å². The predicted molar refractivity (Wildman–Crippen MR) is 209 cm³/mol. The smallest absolute Gasteiger partial charge is 0.164 e. The lowest BCUT2D eigenvalue weighted by Gasteiger charge is -2.10. The van der Waals surface area contributed by atoms with Crippen molar-refractivity contribution in [3.8, 4) is 56.4 Å². The number of aromatic nitrogens is 3. The van der Waals surface area contributed by atoms with E-state index in [1.807, 2.05) is 60.7 Å². The average molecular weight is 652 g/mol. The molecule has 0 aliphatic heterocycles. The van der Waals surface area contributed by atoms with Crippen LogP contribution in [0.1, 0.15) is 0 Å². The van der Waals surface area contributed by atoms with Crippen LogP contribution < -0.4 is 0 Å². The highest BCUT2D eigenvalue weighted by atomic mass is 16.3. The summed E-state index contributed by atoms with van der Waals surface area (Å²) in [7, 11) is 0. The van der Waals surface area contributed by atoms with E-state index in [9.17, 15) is 0 Å². The van der Waals surface area contributed by atoms with E-state index in [1.165, 1.54) is 21.9 Å². The molecule has 0 aliphatic rings. The summed E-state index contributed by atoms with van der Waals surface area (Å²) >= 11 is 0. The topological polar surface area (TPSA) is 51.8 Å². The van der Waals surface area contributed by atoms with Gasteiger partial charge in [0.2, 0.25) is 0 Å². The molecule has 2 aromatic heterocycles. The fourth-order valence-corrected chi connectivity index (χ4v) is 7.22. The second-order valence-corrected chi connectivity index (χ2v) is 12.8. The largest absolute Gasteiger partial charge is 0.455 e. The van der Waals surface area contributed by atoms with Crippen LogP contribution in [-0.4, -0.2) is 15.0 Å². The van der Waals surface area contributed by atoms with Crippen molar-refractivity contribution < 1.29 is 4.42 Å². The van der Waals surface area contributed by atoms with Gasteiger partial charge in [0, 0.05) is 32.8 Å². The number of nitrogens with zero attached hydrogens (tertiary/aromatic N) is 3. The number of fused-ring (bicyclic) bond motifs is 6. The number of hydrogen-bond donors (Lipinski definition) is 0. The lowest BCUT2D eigenvalue weighted by Crippen LogP contribution is -2.00. The van der Waals surface area contributed by atoms with Crippen LogP contribution in [0.2, 0.25) is 0 Å². The van der Waals surface area contributed by atoms with E-state index < -0.39 is 0 Å². The Hall–Kier alpha value is -6.91. The third kappa shape index (κ3) is 5.04. The molecule has 0 fully saturated rings. The molecule has 0 N–H and O–H groups in total. The van der Waals surface area contributed by atoms with Gasteiger partial charge in [-0.05, 0) is 56.6 Å². The van der Waals surface area contributed by atoms with E-state index in [0.717, 1.165) is 60.5 Å². The maximum absolute atomic E-state index is 6.79. The number of benzene rings is 8. The van der Waals surface area contributed by atoms with Crippen LogP contribution >= 0.6 is 0 Å². The van der Waals surface area contributed by atoms with Gasteiger partial charge < -0.3 is 4.42 Å². The Morgan fingerprint density at radius 1 is 0.333 bits per heavy atom. The van der Waals surface area contributed by atoms with Crippen molar-refractivity contribution in [1.29, 1.82) is 0 Å². The minimum absolute atomic E-state index is 0.606. The van der Waals surface area contributed by atoms with Crippen LogP contribution in [0.4, 0.5) is 0 Å². The van der Waals surface area contributed by atoms with Gasteiger partial charge in [0.05, 0.1) is 0 Å². The van der Waals surface area contributed by atoms with Gasteiger partial charge >= 0.3 is 0 Å². The molecule has 4 nitrogen and oxygen atoms in total. The molecule has 0 amide bonds. The van der Waals surface area contributed by atoms with Crippen LogP contribution in [0.3, 0.4) is 0 Å². The van der Waals surface area contributed by atoms with Gasteiger partial charge in [-0.25, -0.2) is 15.0 Å². The Balaban J connectivity index is 1.14. The highest BCUT2D eigenvalue weighted by Gasteiger charge is 2.20. The van der Waals surface area contributed by atoms with Gasteiger partial charge in [0.15, 0.2) is 17.5 Å². The molecule has 8 aromatic carbocycles. The maximum atomic E-state index is 6.79. The van der Waals surface area contributed by atoms with Gasteiger partial charge in [-0.15, -0.1) is 0 Å². The molecular weight excluding hydrogens is 623 g/mol. The predicted octanol–water partition coefficient (Wildman–Crippen LogP) is 12.4. The van der Waals surface area contributed by atoms with Gasteiger partial charge in [-0.3, -0.25) is 0 Å². The molecule has 0 atom stereocenters. The Labute approximate surface area is 294 Å². The average Bonchev–Trinajstić information content (AvgIpc) is 3.60. The van der Waals surface area contributed by atoms with Gasteiger partial charge in [-0.2, -0.15) is 0 Å². The molecule has 0 spiro atoms. The zero-order chi connectivity index (χ0) is 33.7. The van der Waals surface area contributed by atoms with E-state index in [-0.39, 0.29) is 0 Å². The first-order valence-electron chi connectivity index (χ1n) is 17.1. The fraction of sp³-hybridized carbons (Fsp3) is 0. The monoisotopic (exact) mass is 651 g/mol. The Morgan fingerprint density at radius 3 is 1.63 bits per heavy atom. The van der Waals surface area contributed by atoms with Crippen molar-refractivity contribution in [2.75, 3.05) is 0 Å². The van der Waals surface area contributed by atoms with Crippen molar-refractivity contribution in [3.05, 3.63) is 176 Å². The van der Waals surface area contributed by atoms with Gasteiger partial charge in [0.25, 0.3) is 0 Å². The van der Waals surface area contributed by atoms with Crippen LogP contribution in [0, 0.1) is 0 Å². The second kappa shape index (κ2) is 11.9. The van der Waals surface area contributed by atoms with E-state index in [4.69, 9.17) is 19.4 Å². The first kappa shape index (κ1) is 29.0. The van der Waals surface area contributed by atoms with Crippen molar-refractivity contribution in [2.24, 2.45) is 0 Å². The first-order valence-corrected chi connectivity index (χ1v) is 17.1.